The number of aromatic nitrogens is 5. The van der Waals surface area contributed by atoms with Crippen molar-refractivity contribution in [3.63, 3.8) is 0 Å². The Balaban J connectivity index is 0.000000141. The quantitative estimate of drug-likeness (QED) is 0.0908. The number of nitrogens with zero attached hydrogens (tertiary/aromatic N) is 5. The van der Waals surface area contributed by atoms with Crippen LogP contribution in [0.15, 0.2) is 194 Å². The topological polar surface area (TPSA) is 19.4 Å². The Bertz CT molecular complexity index is 6090. The zero-order valence-electron chi connectivity index (χ0n) is 71.3. The Labute approximate surface area is 673 Å². The molecule has 0 aliphatic rings. The summed E-state index contributed by atoms with van der Waals surface area (Å²) in [5, 5.41) is 4.89. The minimum atomic E-state index is -0.116. The highest BCUT2D eigenvalue weighted by Crippen LogP contribution is 2.34. The molecule has 15 rings (SSSR count). The van der Waals surface area contributed by atoms with Crippen LogP contribution in [-0.4, -0.2) is 0 Å². The van der Waals surface area contributed by atoms with Crippen molar-refractivity contribution in [2.24, 2.45) is 35.2 Å². The van der Waals surface area contributed by atoms with Crippen molar-refractivity contribution in [3.05, 3.63) is 323 Å². The van der Waals surface area contributed by atoms with Crippen LogP contribution in [0.1, 0.15) is 142 Å². The Morgan fingerprint density at radius 1 is 0.228 bits per heavy atom. The Hall–Kier alpha value is -11.1. The van der Waals surface area contributed by atoms with E-state index in [4.69, 9.17) is 0 Å². The third-order valence-electron chi connectivity index (χ3n) is 23.5. The van der Waals surface area contributed by atoms with Gasteiger partial charge in [0.05, 0.1) is 16.2 Å². The molecule has 0 aliphatic heterocycles. The number of halogens is 5. The lowest BCUT2D eigenvalue weighted by Gasteiger charge is -2.12. The summed E-state index contributed by atoms with van der Waals surface area (Å²) >= 11 is 0. The van der Waals surface area contributed by atoms with Gasteiger partial charge in [0.25, 0.3) is 0 Å². The highest BCUT2D eigenvalue weighted by molar-refractivity contribution is 5.86. The average Bonchev–Trinajstić information content (AvgIpc) is 0.772. The maximum Gasteiger partial charge on any atom is 0.213 e. The number of hydrogen-bond acceptors (Lipinski definition) is 0. The molecule has 0 aliphatic carbocycles. The van der Waals surface area contributed by atoms with Gasteiger partial charge in [-0.3, -0.25) is 0 Å². The standard InChI is InChI=1S/C22H25FN.2C21H23FN.2C20H21FN/c1-6-16-13-21-18(17(7-2)22(16)23)10-11-20(24(21)5)19-12-14(3)8-9-15(19)4;1-6-16-17-7-9-21(23(5)20(17)10-8-19(16)22)18-12-13(2)11-14(3)15(18)4;1-6-16-12-21-17(11-19(16)22)7-8-20(23(21)5)18-10-13(2)9-14(3)15(18)4;1-5-15-16-8-10-20(17-12-13(2)6-7-14(17)3)22(4)19(16)11-9-18(15)21;1-5-15-12-20-16(11-18(15)21)8-9-19(22(20)4)17-10-13(2)6-7-14(17)3/h8-13H,6-7H2,1-5H3;2*7-12H,6H2,1-5H3;2*6-12H,5H2,1-4H3/q5*+1. The van der Waals surface area contributed by atoms with E-state index in [2.05, 4.69) is 262 Å². The van der Waals surface area contributed by atoms with Gasteiger partial charge in [0.1, 0.15) is 64.3 Å². The first-order chi connectivity index (χ1) is 54.4. The first kappa shape index (κ1) is 83.8. The lowest BCUT2D eigenvalue weighted by molar-refractivity contribution is -0.633. The van der Waals surface area contributed by atoms with Gasteiger partial charge in [-0.15, -0.1) is 0 Å². The van der Waals surface area contributed by atoms with Gasteiger partial charge in [0.2, 0.25) is 56.1 Å². The molecule has 0 N–H and O–H groups in total. The van der Waals surface area contributed by atoms with Crippen LogP contribution in [0.2, 0.25) is 0 Å². The van der Waals surface area contributed by atoms with Crippen LogP contribution in [0.4, 0.5) is 22.0 Å². The fourth-order valence-electron chi connectivity index (χ4n) is 16.4. The number of benzene rings is 10. The van der Waals surface area contributed by atoms with Gasteiger partial charge in [-0.25, -0.2) is 22.0 Å². The number of aryl methyl sites for hydroxylation is 21. The zero-order chi connectivity index (χ0) is 82.6. The minimum Gasteiger partial charge on any atom is -0.207 e. The molecule has 114 heavy (non-hydrogen) atoms. The molecule has 0 saturated carbocycles. The molecule has 5 nitrogen and oxygen atoms in total. The molecule has 0 amide bonds. The maximum absolute atomic E-state index is 14.7. The summed E-state index contributed by atoms with van der Waals surface area (Å²) in [6, 6.07) is 65.3. The summed E-state index contributed by atoms with van der Waals surface area (Å²) in [5.74, 6) is -0.499. The molecule has 0 bridgehead atoms. The first-order valence-electron chi connectivity index (χ1n) is 40.3. The molecule has 0 atom stereocenters. The minimum absolute atomic E-state index is 0.0352. The van der Waals surface area contributed by atoms with Gasteiger partial charge in [-0.2, -0.15) is 22.8 Å². The van der Waals surface area contributed by atoms with Crippen molar-refractivity contribution < 1.29 is 44.8 Å². The largest absolute Gasteiger partial charge is 0.213 e. The molecule has 0 unspecified atom stereocenters. The van der Waals surface area contributed by atoms with Gasteiger partial charge in [-0.1, -0.05) is 118 Å². The van der Waals surface area contributed by atoms with Crippen molar-refractivity contribution in [1.29, 1.82) is 0 Å². The molecule has 0 radical (unpaired) electrons. The molecule has 0 saturated heterocycles. The van der Waals surface area contributed by atoms with Crippen LogP contribution in [0.3, 0.4) is 0 Å². The summed E-state index contributed by atoms with van der Waals surface area (Å²) in [5.41, 5.74) is 37.3. The van der Waals surface area contributed by atoms with E-state index in [1.54, 1.807) is 24.3 Å². The SMILES string of the molecule is CCc1c(F)ccc2c1ccc(-c1cc(C)cc(C)c1C)[n+]2C.CCc1c(F)ccc2c1ccc(-c1cc(C)ccc1C)[n+]2C.CCc1cc2c(ccc(-c3cc(C)cc(C)c3C)[n+]2C)cc1F.CCc1cc2c(ccc(-c3cc(C)ccc3C)[n+]2C)c(CC)c1F.CCc1cc2c(ccc(-c3cc(C)ccc3C)[n+]2C)cc1F. The lowest BCUT2D eigenvalue weighted by Crippen LogP contribution is -2.32. The van der Waals surface area contributed by atoms with Crippen molar-refractivity contribution in [2.75, 3.05) is 0 Å². The van der Waals surface area contributed by atoms with Crippen molar-refractivity contribution in [3.8, 4) is 56.3 Å². The third-order valence-corrected chi connectivity index (χ3v) is 23.5. The van der Waals surface area contributed by atoms with Crippen LogP contribution in [-0.2, 0) is 73.8 Å². The molecule has 15 aromatic rings. The Kier molecular flexibility index (Phi) is 26.1. The molecule has 10 aromatic carbocycles. The highest BCUT2D eigenvalue weighted by Gasteiger charge is 2.26. The molecular weight excluding hydrogens is 1410 g/mol. The zero-order valence-corrected chi connectivity index (χ0v) is 71.3. The molecule has 0 spiro atoms. The number of hydrogen-bond donors (Lipinski definition) is 0. The Morgan fingerprint density at radius 3 is 0.868 bits per heavy atom. The number of fused-ring (bicyclic) bond motifs is 5. The molecule has 584 valence electrons. The third kappa shape index (κ3) is 17.1. The predicted molar refractivity (Wildman–Crippen MR) is 466 cm³/mol. The molecule has 10 heteroatoms. The van der Waals surface area contributed by atoms with Crippen LogP contribution >= 0.6 is 0 Å². The fraction of sp³-hybridized carbons (Fsp3) is 0.279. The maximum atomic E-state index is 14.7. The summed E-state index contributed by atoms with van der Waals surface area (Å²) in [7, 11) is 10.3. The monoisotopic (exact) mass is 1530 g/mol. The van der Waals surface area contributed by atoms with E-state index < -0.39 is 0 Å². The van der Waals surface area contributed by atoms with Crippen LogP contribution in [0.5, 0.6) is 0 Å². The first-order valence-corrected chi connectivity index (χ1v) is 40.3. The van der Waals surface area contributed by atoms with E-state index in [1.807, 2.05) is 90.1 Å². The summed E-state index contributed by atoms with van der Waals surface area (Å²) < 4.78 is 81.6. The van der Waals surface area contributed by atoms with Gasteiger partial charge < -0.3 is 0 Å². The number of rotatable bonds is 11. The van der Waals surface area contributed by atoms with E-state index >= 15 is 0 Å². The second kappa shape index (κ2) is 35.5. The van der Waals surface area contributed by atoms with Gasteiger partial charge in [0, 0.05) is 116 Å². The fourth-order valence-corrected chi connectivity index (χ4v) is 16.4. The van der Waals surface area contributed by atoms with E-state index in [-0.39, 0.29) is 29.1 Å². The van der Waals surface area contributed by atoms with Gasteiger partial charge in [0.15, 0.2) is 0 Å². The summed E-state index contributed by atoms with van der Waals surface area (Å²) in [4.78, 5) is 0. The van der Waals surface area contributed by atoms with Crippen LogP contribution in [0.25, 0.3) is 111 Å². The second-order valence-electron chi connectivity index (χ2n) is 31.2. The van der Waals surface area contributed by atoms with E-state index in [0.29, 0.717) is 38.5 Å². The smallest absolute Gasteiger partial charge is 0.207 e. The predicted octanol–water partition coefficient (Wildman–Crippen LogP) is 24.4. The number of pyridine rings is 5. The van der Waals surface area contributed by atoms with Crippen molar-refractivity contribution in [2.45, 2.75) is 163 Å². The average molecular weight is 1530 g/mol. The van der Waals surface area contributed by atoms with Crippen LogP contribution in [0, 0.1) is 112 Å². The molecule has 5 heterocycles. The van der Waals surface area contributed by atoms with Crippen LogP contribution < -0.4 is 22.8 Å². The van der Waals surface area contributed by atoms with E-state index in [0.717, 1.165) is 111 Å². The summed E-state index contributed by atoms with van der Waals surface area (Å²) in [6.07, 6.45) is 4.22. The normalized spacial score (nSPS) is 11.2. The highest BCUT2D eigenvalue weighted by atomic mass is 19.1. The van der Waals surface area contributed by atoms with E-state index in [9.17, 15) is 22.0 Å². The van der Waals surface area contributed by atoms with E-state index in [1.165, 1.54) is 100 Å². The second-order valence-corrected chi connectivity index (χ2v) is 31.2. The molecule has 0 fully saturated rings. The molecular formula is C104H113F5N5+5. The van der Waals surface area contributed by atoms with Crippen molar-refractivity contribution >= 4 is 54.5 Å². The lowest BCUT2D eigenvalue weighted by atomic mass is 9.96. The molecule has 5 aromatic heterocycles. The van der Waals surface area contributed by atoms with Gasteiger partial charge in [-0.05, 0) is 262 Å². The van der Waals surface area contributed by atoms with Gasteiger partial charge >= 0.3 is 0 Å². The Morgan fingerprint density at radius 2 is 0.526 bits per heavy atom. The summed E-state index contributed by atoms with van der Waals surface area (Å²) in [6.45, 7) is 37.6. The van der Waals surface area contributed by atoms with Crippen molar-refractivity contribution in [1.82, 2.24) is 0 Å².